The van der Waals surface area contributed by atoms with Crippen molar-refractivity contribution in [3.05, 3.63) is 45.9 Å². The second-order valence-electron chi connectivity index (χ2n) is 5.68. The number of nitrogens with one attached hydrogen (secondary N) is 1. The number of thiazole rings is 1. The summed E-state index contributed by atoms with van der Waals surface area (Å²) in [5.74, 6) is 0.632. The average molecular weight is 300 g/mol. The highest BCUT2D eigenvalue weighted by Crippen LogP contribution is 2.33. The molecule has 21 heavy (non-hydrogen) atoms. The Morgan fingerprint density at radius 1 is 1.19 bits per heavy atom. The van der Waals surface area contributed by atoms with Crippen LogP contribution in [0.3, 0.4) is 0 Å². The van der Waals surface area contributed by atoms with E-state index < -0.39 is 0 Å². The number of hydrogen-bond donors (Lipinski definition) is 1. The molecular formula is C17H20N2OS. The fraction of sp³-hybridized carbons (Fsp3) is 0.412. The molecular weight excluding hydrogens is 280 g/mol. The van der Waals surface area contributed by atoms with Gasteiger partial charge in [-0.3, -0.25) is 4.79 Å². The molecule has 4 heteroatoms. The van der Waals surface area contributed by atoms with Crippen LogP contribution < -0.4 is 5.32 Å². The van der Waals surface area contributed by atoms with Gasteiger partial charge in [-0.15, -0.1) is 11.3 Å². The van der Waals surface area contributed by atoms with Crippen LogP contribution in [0.4, 0.5) is 5.69 Å². The number of rotatable bonds is 3. The van der Waals surface area contributed by atoms with E-state index in [0.717, 1.165) is 11.4 Å². The largest absolute Gasteiger partial charge is 0.321 e. The molecule has 2 aromatic rings. The van der Waals surface area contributed by atoms with Gasteiger partial charge in [0.2, 0.25) is 0 Å². The predicted octanol–water partition coefficient (Wildman–Crippen LogP) is 4.75. The summed E-state index contributed by atoms with van der Waals surface area (Å²) >= 11 is 1.38. The molecule has 1 aromatic heterocycles. The molecule has 0 atom stereocenters. The molecule has 1 fully saturated rings. The van der Waals surface area contributed by atoms with Crippen molar-refractivity contribution in [2.45, 2.75) is 44.9 Å². The number of hydrogen-bond acceptors (Lipinski definition) is 3. The molecule has 1 saturated carbocycles. The Balaban J connectivity index is 1.67. The lowest BCUT2D eigenvalue weighted by Crippen LogP contribution is -2.11. The number of carbonyl (C=O) groups is 1. The van der Waals surface area contributed by atoms with Gasteiger partial charge < -0.3 is 5.32 Å². The fourth-order valence-electron chi connectivity index (χ4n) is 2.98. The lowest BCUT2D eigenvalue weighted by atomic mass is 9.84. The predicted molar refractivity (Wildman–Crippen MR) is 87.1 cm³/mol. The van der Waals surface area contributed by atoms with Gasteiger partial charge in [-0.25, -0.2) is 4.98 Å². The van der Waals surface area contributed by atoms with E-state index in [1.54, 1.807) is 5.51 Å². The fourth-order valence-corrected chi connectivity index (χ4v) is 3.68. The summed E-state index contributed by atoms with van der Waals surface area (Å²) in [6, 6.07) is 8.34. The number of anilines is 1. The molecule has 1 heterocycles. The first-order chi connectivity index (χ1) is 10.2. The highest BCUT2D eigenvalue weighted by Gasteiger charge is 2.16. The summed E-state index contributed by atoms with van der Waals surface area (Å²) in [4.78, 5) is 16.9. The van der Waals surface area contributed by atoms with E-state index in [2.05, 4.69) is 22.4 Å². The number of amides is 1. The molecule has 0 saturated heterocycles. The Bertz CT molecular complexity index is 612. The number of aromatic nitrogens is 1. The van der Waals surface area contributed by atoms with Crippen molar-refractivity contribution in [1.82, 2.24) is 4.98 Å². The van der Waals surface area contributed by atoms with Gasteiger partial charge in [0.1, 0.15) is 4.88 Å². The van der Waals surface area contributed by atoms with Crippen molar-refractivity contribution in [3.63, 3.8) is 0 Å². The monoisotopic (exact) mass is 300 g/mol. The van der Waals surface area contributed by atoms with Gasteiger partial charge in [0.15, 0.2) is 0 Å². The van der Waals surface area contributed by atoms with Crippen LogP contribution in [-0.4, -0.2) is 10.9 Å². The van der Waals surface area contributed by atoms with Gasteiger partial charge in [-0.05, 0) is 43.4 Å². The van der Waals surface area contributed by atoms with Crippen LogP contribution in [0.25, 0.3) is 0 Å². The Hall–Kier alpha value is -1.68. The van der Waals surface area contributed by atoms with E-state index in [1.165, 1.54) is 49.0 Å². The van der Waals surface area contributed by atoms with E-state index in [4.69, 9.17) is 0 Å². The quantitative estimate of drug-likeness (QED) is 0.888. The van der Waals surface area contributed by atoms with Crippen LogP contribution in [0.1, 0.15) is 59.0 Å². The van der Waals surface area contributed by atoms with Crippen molar-refractivity contribution < 1.29 is 4.79 Å². The normalized spacial score (nSPS) is 15.9. The maximum Gasteiger partial charge on any atom is 0.267 e. The third-order valence-corrected chi connectivity index (χ3v) is 5.12. The van der Waals surface area contributed by atoms with Crippen LogP contribution in [0.15, 0.2) is 29.8 Å². The summed E-state index contributed by atoms with van der Waals surface area (Å²) in [5, 5.41) is 2.95. The zero-order chi connectivity index (χ0) is 14.7. The number of aryl methyl sites for hydroxylation is 1. The minimum atomic E-state index is -0.0691. The topological polar surface area (TPSA) is 42.0 Å². The minimum Gasteiger partial charge on any atom is -0.321 e. The molecule has 0 spiro atoms. The van der Waals surface area contributed by atoms with Crippen LogP contribution >= 0.6 is 11.3 Å². The van der Waals surface area contributed by atoms with Gasteiger partial charge in [0.05, 0.1) is 11.2 Å². The molecule has 1 N–H and O–H groups in total. The lowest BCUT2D eigenvalue weighted by molar-refractivity contribution is 0.103. The second kappa shape index (κ2) is 6.39. The maximum absolute atomic E-state index is 12.1. The van der Waals surface area contributed by atoms with Crippen molar-refractivity contribution in [1.29, 1.82) is 0 Å². The van der Waals surface area contributed by atoms with Gasteiger partial charge in [-0.1, -0.05) is 31.4 Å². The number of benzene rings is 1. The van der Waals surface area contributed by atoms with Crippen LogP contribution in [0, 0.1) is 6.92 Å². The Morgan fingerprint density at radius 3 is 2.52 bits per heavy atom. The highest BCUT2D eigenvalue weighted by molar-refractivity contribution is 7.12. The summed E-state index contributed by atoms with van der Waals surface area (Å²) in [6.45, 7) is 1.86. The Morgan fingerprint density at radius 2 is 1.90 bits per heavy atom. The number of nitrogens with zero attached hydrogens (tertiary/aromatic N) is 1. The Labute approximate surface area is 129 Å². The van der Waals surface area contributed by atoms with E-state index >= 15 is 0 Å². The third-order valence-electron chi connectivity index (χ3n) is 4.20. The first-order valence-electron chi connectivity index (χ1n) is 7.55. The summed E-state index contributed by atoms with van der Waals surface area (Å²) in [5.41, 5.74) is 4.75. The van der Waals surface area contributed by atoms with Gasteiger partial charge >= 0.3 is 0 Å². The zero-order valence-corrected chi connectivity index (χ0v) is 13.1. The molecule has 3 nitrogen and oxygen atoms in total. The average Bonchev–Trinajstić information content (AvgIpc) is 2.95. The molecule has 1 aliphatic carbocycles. The van der Waals surface area contributed by atoms with E-state index in [-0.39, 0.29) is 5.91 Å². The van der Waals surface area contributed by atoms with Gasteiger partial charge in [0, 0.05) is 5.69 Å². The minimum absolute atomic E-state index is 0.0691. The van der Waals surface area contributed by atoms with Crippen LogP contribution in [0.2, 0.25) is 0 Å². The lowest BCUT2D eigenvalue weighted by Gasteiger charge is -2.22. The highest BCUT2D eigenvalue weighted by atomic mass is 32.1. The Kier molecular flexibility index (Phi) is 4.34. The molecule has 3 rings (SSSR count). The standard InChI is InChI=1S/C17H20N2OS/c1-12-16(21-11-18-12)17(20)19-15-9-7-14(8-10-15)13-5-3-2-4-6-13/h7-11,13H,2-6H2,1H3,(H,19,20). The van der Waals surface area contributed by atoms with Crippen molar-refractivity contribution in [2.24, 2.45) is 0 Å². The first kappa shape index (κ1) is 14.3. The van der Waals surface area contributed by atoms with E-state index in [1.807, 2.05) is 19.1 Å². The van der Waals surface area contributed by atoms with Gasteiger partial charge in [-0.2, -0.15) is 0 Å². The molecule has 1 amide bonds. The third kappa shape index (κ3) is 3.32. The molecule has 1 aromatic carbocycles. The summed E-state index contributed by atoms with van der Waals surface area (Å²) in [6.07, 6.45) is 6.65. The molecule has 110 valence electrons. The molecule has 0 bridgehead atoms. The summed E-state index contributed by atoms with van der Waals surface area (Å²) < 4.78 is 0. The first-order valence-corrected chi connectivity index (χ1v) is 8.43. The van der Waals surface area contributed by atoms with E-state index in [0.29, 0.717) is 10.8 Å². The smallest absolute Gasteiger partial charge is 0.267 e. The molecule has 0 unspecified atom stereocenters. The molecule has 1 aliphatic rings. The zero-order valence-electron chi connectivity index (χ0n) is 12.3. The van der Waals surface area contributed by atoms with Crippen molar-refractivity contribution in [3.8, 4) is 0 Å². The SMILES string of the molecule is Cc1ncsc1C(=O)Nc1ccc(C2CCCCC2)cc1. The molecule has 0 radical (unpaired) electrons. The van der Waals surface area contributed by atoms with E-state index in [9.17, 15) is 4.79 Å². The number of carbonyl (C=O) groups excluding carboxylic acids is 1. The van der Waals surface area contributed by atoms with Gasteiger partial charge in [0.25, 0.3) is 5.91 Å². The summed E-state index contributed by atoms with van der Waals surface area (Å²) in [7, 11) is 0. The van der Waals surface area contributed by atoms with Crippen LogP contribution in [-0.2, 0) is 0 Å². The molecule has 0 aliphatic heterocycles. The van der Waals surface area contributed by atoms with Crippen LogP contribution in [0.5, 0.6) is 0 Å². The maximum atomic E-state index is 12.1. The van der Waals surface area contributed by atoms with Crippen molar-refractivity contribution >= 4 is 22.9 Å². The van der Waals surface area contributed by atoms with Crippen molar-refractivity contribution in [2.75, 3.05) is 5.32 Å². The second-order valence-corrected chi connectivity index (χ2v) is 6.53.